The fraction of sp³-hybridized carbons (Fsp3) is 0.364. The van der Waals surface area contributed by atoms with Crippen molar-refractivity contribution in [2.24, 2.45) is 11.5 Å². The summed E-state index contributed by atoms with van der Waals surface area (Å²) in [5.41, 5.74) is 12.3. The molecule has 0 aliphatic carbocycles. The van der Waals surface area contributed by atoms with Crippen molar-refractivity contribution in [3.63, 3.8) is 0 Å². The van der Waals surface area contributed by atoms with Crippen LogP contribution in [0.15, 0.2) is 42.9 Å². The zero-order valence-corrected chi connectivity index (χ0v) is 18.9. The molecule has 2 rings (SSSR count). The van der Waals surface area contributed by atoms with Crippen LogP contribution in [-0.2, 0) is 36.8 Å². The summed E-state index contributed by atoms with van der Waals surface area (Å²) in [5.74, 6) is -4.10. The van der Waals surface area contributed by atoms with Crippen LogP contribution in [0.5, 0.6) is 0 Å². The first-order valence-corrected chi connectivity index (χ1v) is 10.8. The number of H-pyrrole nitrogens is 1. The van der Waals surface area contributed by atoms with E-state index in [0.29, 0.717) is 5.69 Å². The summed E-state index contributed by atoms with van der Waals surface area (Å²) in [4.78, 5) is 66.6. The second-order valence-corrected chi connectivity index (χ2v) is 7.82. The predicted octanol–water partition coefficient (Wildman–Crippen LogP) is -2.04. The van der Waals surface area contributed by atoms with E-state index in [9.17, 15) is 29.1 Å². The number of hydrogen-bond donors (Lipinski definition) is 7. The topological polar surface area (TPSA) is 222 Å². The lowest BCUT2D eigenvalue weighted by Crippen LogP contribution is -2.54. The molecular weight excluding hydrogens is 458 g/mol. The number of nitrogens with two attached hydrogens (primary N) is 2. The van der Waals surface area contributed by atoms with Gasteiger partial charge in [-0.2, -0.15) is 0 Å². The number of rotatable bonds is 14. The van der Waals surface area contributed by atoms with E-state index in [1.807, 2.05) is 30.3 Å². The number of carbonyl (C=O) groups excluding carboxylic acids is 4. The number of benzene rings is 1. The number of primary amides is 1. The first kappa shape index (κ1) is 27.0. The Labute approximate surface area is 201 Å². The molecule has 13 nitrogen and oxygen atoms in total. The van der Waals surface area contributed by atoms with Crippen LogP contribution < -0.4 is 27.4 Å². The zero-order chi connectivity index (χ0) is 25.8. The summed E-state index contributed by atoms with van der Waals surface area (Å²) in [6, 6.07) is 5.68. The van der Waals surface area contributed by atoms with E-state index in [-0.39, 0.29) is 25.7 Å². The van der Waals surface area contributed by atoms with Crippen LogP contribution >= 0.6 is 0 Å². The zero-order valence-electron chi connectivity index (χ0n) is 18.9. The number of nitrogens with one attached hydrogen (secondary N) is 4. The molecule has 9 N–H and O–H groups in total. The molecule has 2 aromatic rings. The van der Waals surface area contributed by atoms with Crippen LogP contribution in [-0.4, -0.2) is 69.3 Å². The third kappa shape index (κ3) is 9.63. The van der Waals surface area contributed by atoms with Crippen molar-refractivity contribution >= 4 is 29.6 Å². The van der Waals surface area contributed by atoms with Gasteiger partial charge in [0.05, 0.1) is 18.9 Å². The predicted molar refractivity (Wildman–Crippen MR) is 123 cm³/mol. The number of imidazole rings is 1. The van der Waals surface area contributed by atoms with Crippen LogP contribution in [0, 0.1) is 0 Å². The highest BCUT2D eigenvalue weighted by Gasteiger charge is 2.27. The molecule has 188 valence electrons. The lowest BCUT2D eigenvalue weighted by molar-refractivity contribution is -0.142. The normalized spacial score (nSPS) is 13.2. The molecule has 13 heteroatoms. The average Bonchev–Trinajstić information content (AvgIpc) is 3.33. The molecule has 1 aromatic carbocycles. The summed E-state index contributed by atoms with van der Waals surface area (Å²) in [6.07, 6.45) is 2.62. The maximum absolute atomic E-state index is 12.8. The van der Waals surface area contributed by atoms with E-state index >= 15 is 0 Å². The van der Waals surface area contributed by atoms with Gasteiger partial charge >= 0.3 is 5.97 Å². The van der Waals surface area contributed by atoms with Gasteiger partial charge in [-0.25, -0.2) is 9.78 Å². The Morgan fingerprint density at radius 3 is 2.31 bits per heavy atom. The molecule has 4 amide bonds. The molecular formula is C22H29N7O6. The number of carboxylic acids is 1. The van der Waals surface area contributed by atoms with Gasteiger partial charge in [-0.3, -0.25) is 19.2 Å². The minimum absolute atomic E-state index is 0.0266. The van der Waals surface area contributed by atoms with E-state index in [2.05, 4.69) is 25.9 Å². The van der Waals surface area contributed by atoms with Crippen LogP contribution in [0.1, 0.15) is 24.1 Å². The number of aromatic nitrogens is 2. The molecule has 0 radical (unpaired) electrons. The fourth-order valence-electron chi connectivity index (χ4n) is 3.15. The lowest BCUT2D eigenvalue weighted by Gasteiger charge is -2.21. The highest BCUT2D eigenvalue weighted by atomic mass is 16.4. The smallest absolute Gasteiger partial charge is 0.326 e. The maximum Gasteiger partial charge on any atom is 0.326 e. The molecule has 1 aromatic heterocycles. The van der Waals surface area contributed by atoms with Crippen molar-refractivity contribution in [3.05, 3.63) is 54.1 Å². The Balaban J connectivity index is 1.96. The lowest BCUT2D eigenvalue weighted by atomic mass is 10.1. The molecule has 3 unspecified atom stereocenters. The highest BCUT2D eigenvalue weighted by molar-refractivity contribution is 5.92. The summed E-state index contributed by atoms with van der Waals surface area (Å²) in [5, 5.41) is 16.5. The minimum atomic E-state index is -1.38. The third-order valence-electron chi connectivity index (χ3n) is 4.98. The minimum Gasteiger partial charge on any atom is -0.480 e. The van der Waals surface area contributed by atoms with Crippen molar-refractivity contribution in [1.29, 1.82) is 0 Å². The maximum atomic E-state index is 12.8. The fourth-order valence-corrected chi connectivity index (χ4v) is 3.15. The first-order valence-electron chi connectivity index (χ1n) is 10.8. The molecule has 0 saturated carbocycles. The SMILES string of the molecule is NC(=O)CCC(NC(=O)C(Cc1cnc[nH]1)NC(=O)CNC(=O)C(N)Cc1ccccc1)C(=O)O. The van der Waals surface area contributed by atoms with Crippen LogP contribution in [0.2, 0.25) is 0 Å². The summed E-state index contributed by atoms with van der Waals surface area (Å²) in [7, 11) is 0. The average molecular weight is 488 g/mol. The molecule has 35 heavy (non-hydrogen) atoms. The Morgan fingerprint density at radius 1 is 1.00 bits per heavy atom. The number of hydrogen-bond acceptors (Lipinski definition) is 7. The molecule has 0 aliphatic heterocycles. The van der Waals surface area contributed by atoms with E-state index in [4.69, 9.17) is 11.5 Å². The van der Waals surface area contributed by atoms with Gasteiger partial charge in [-0.15, -0.1) is 0 Å². The molecule has 0 aliphatic rings. The van der Waals surface area contributed by atoms with Crippen molar-refractivity contribution in [1.82, 2.24) is 25.9 Å². The Morgan fingerprint density at radius 2 is 1.71 bits per heavy atom. The molecule has 0 saturated heterocycles. The van der Waals surface area contributed by atoms with Gasteiger partial charge in [0.15, 0.2) is 0 Å². The van der Waals surface area contributed by atoms with Crippen molar-refractivity contribution in [2.45, 2.75) is 43.8 Å². The van der Waals surface area contributed by atoms with Gasteiger partial charge in [0, 0.05) is 24.7 Å². The van der Waals surface area contributed by atoms with E-state index in [0.717, 1.165) is 5.56 Å². The van der Waals surface area contributed by atoms with Gasteiger partial charge in [-0.1, -0.05) is 30.3 Å². The van der Waals surface area contributed by atoms with Crippen molar-refractivity contribution in [2.75, 3.05) is 6.54 Å². The van der Waals surface area contributed by atoms with Gasteiger partial charge in [0.25, 0.3) is 0 Å². The Kier molecular flexibility index (Phi) is 10.4. The highest BCUT2D eigenvalue weighted by Crippen LogP contribution is 2.04. The van der Waals surface area contributed by atoms with E-state index < -0.39 is 54.3 Å². The number of nitrogens with zero attached hydrogens (tertiary/aromatic N) is 1. The van der Waals surface area contributed by atoms with Crippen LogP contribution in [0.3, 0.4) is 0 Å². The van der Waals surface area contributed by atoms with Gasteiger partial charge in [0.1, 0.15) is 12.1 Å². The Hall–Kier alpha value is -4.26. The number of amides is 4. The van der Waals surface area contributed by atoms with E-state index in [1.54, 1.807) is 0 Å². The Bertz CT molecular complexity index is 1010. The van der Waals surface area contributed by atoms with Crippen molar-refractivity contribution in [3.8, 4) is 0 Å². The van der Waals surface area contributed by atoms with Crippen LogP contribution in [0.4, 0.5) is 0 Å². The monoisotopic (exact) mass is 487 g/mol. The van der Waals surface area contributed by atoms with Gasteiger partial charge in [-0.05, 0) is 18.4 Å². The van der Waals surface area contributed by atoms with Gasteiger partial charge < -0.3 is 37.5 Å². The summed E-state index contributed by atoms with van der Waals surface area (Å²) in [6.45, 7) is -0.446. The third-order valence-corrected chi connectivity index (χ3v) is 4.98. The van der Waals surface area contributed by atoms with Gasteiger partial charge in [0.2, 0.25) is 23.6 Å². The number of aromatic amines is 1. The standard InChI is InChI=1S/C22H29N7O6/c23-15(8-13-4-2-1-3-5-13)20(32)26-11-19(31)28-17(9-14-10-25-12-27-14)21(33)29-16(22(34)35)6-7-18(24)30/h1-5,10,12,15-17H,6-9,11,23H2,(H2,24,30)(H,25,27)(H,26,32)(H,28,31)(H,29,33)(H,34,35). The number of carbonyl (C=O) groups is 5. The number of carboxylic acid groups (broad SMARTS) is 1. The van der Waals surface area contributed by atoms with Crippen LogP contribution in [0.25, 0.3) is 0 Å². The second kappa shape index (κ2) is 13.4. The molecule has 0 spiro atoms. The van der Waals surface area contributed by atoms with E-state index in [1.165, 1.54) is 12.5 Å². The molecule has 1 heterocycles. The summed E-state index contributed by atoms with van der Waals surface area (Å²) >= 11 is 0. The molecule has 3 atom stereocenters. The summed E-state index contributed by atoms with van der Waals surface area (Å²) < 4.78 is 0. The number of aliphatic carboxylic acids is 1. The quantitative estimate of drug-likeness (QED) is 0.157. The largest absolute Gasteiger partial charge is 0.480 e. The second-order valence-electron chi connectivity index (χ2n) is 7.82. The molecule has 0 fully saturated rings. The first-order chi connectivity index (χ1) is 16.7. The van der Waals surface area contributed by atoms with Crippen molar-refractivity contribution < 1.29 is 29.1 Å². The molecule has 0 bridgehead atoms.